The van der Waals surface area contributed by atoms with Gasteiger partial charge < -0.3 is 52.8 Å². The van der Waals surface area contributed by atoms with E-state index in [1.165, 1.54) is 44.9 Å². The van der Waals surface area contributed by atoms with E-state index in [1.54, 1.807) is 0 Å². The molecule has 12 nitrogen and oxygen atoms in total. The predicted octanol–water partition coefficient (Wildman–Crippen LogP) is 14.6. The second-order valence-electron chi connectivity index (χ2n) is 24.0. The Bertz CT molecular complexity index is 2370. The van der Waals surface area contributed by atoms with Crippen LogP contribution in [0, 0.1) is 0 Å². The van der Waals surface area contributed by atoms with Crippen LogP contribution < -0.4 is 0 Å². The van der Waals surface area contributed by atoms with E-state index in [-0.39, 0.29) is 55.3 Å². The molecule has 0 radical (unpaired) electrons. The van der Waals surface area contributed by atoms with Gasteiger partial charge in [0.05, 0.1) is 75.8 Å². The Labute approximate surface area is 497 Å². The van der Waals surface area contributed by atoms with Crippen molar-refractivity contribution in [3.63, 3.8) is 0 Å². The van der Waals surface area contributed by atoms with Crippen molar-refractivity contribution in [1.29, 1.82) is 0 Å². The summed E-state index contributed by atoms with van der Waals surface area (Å²) in [6.45, 7) is 5.74. The molecule has 0 aromatic heterocycles. The Balaban J connectivity index is 0.964. The maximum Gasteiger partial charge on any atom is 0.334 e. The minimum Gasteiger partial charge on any atom is -0.455 e. The van der Waals surface area contributed by atoms with Gasteiger partial charge in [-0.05, 0) is 106 Å². The monoisotopic (exact) mass is 1140 g/mol. The number of benzene rings is 4. The molecule has 3 fully saturated rings. The Hall–Kier alpha value is -4.31. The van der Waals surface area contributed by atoms with Gasteiger partial charge in [-0.2, -0.15) is 0 Å². The van der Waals surface area contributed by atoms with Crippen LogP contribution in [0.15, 0.2) is 133 Å². The normalized spacial score (nSPS) is 25.5. The number of rotatable bonds is 40. The van der Waals surface area contributed by atoms with Crippen LogP contribution in [0.2, 0.25) is 0 Å². The quantitative estimate of drug-likeness (QED) is 0.0324. The number of cyclic esters (lactones) is 1. The van der Waals surface area contributed by atoms with E-state index >= 15 is 0 Å². The lowest BCUT2D eigenvalue weighted by Crippen LogP contribution is -2.62. The molecule has 4 aliphatic rings. The summed E-state index contributed by atoms with van der Waals surface area (Å²) in [5.41, 5.74) is 5.01. The number of aliphatic hydroxyl groups excluding tert-OH is 2. The molecule has 0 bridgehead atoms. The van der Waals surface area contributed by atoms with Gasteiger partial charge in [-0.1, -0.05) is 212 Å². The highest BCUT2D eigenvalue weighted by Crippen LogP contribution is 2.38. The molecule has 456 valence electrons. The minimum absolute atomic E-state index is 0.0945. The molecule has 4 aliphatic heterocycles. The Morgan fingerprint density at radius 2 is 0.988 bits per heavy atom. The van der Waals surface area contributed by atoms with Crippen LogP contribution in [-0.2, 0) is 73.9 Å². The fourth-order valence-corrected chi connectivity index (χ4v) is 12.4. The molecule has 8 rings (SSSR count). The van der Waals surface area contributed by atoms with E-state index in [4.69, 9.17) is 42.6 Å². The lowest BCUT2D eigenvalue weighted by molar-refractivity contribution is -0.341. The zero-order chi connectivity index (χ0) is 57.7. The molecule has 3 saturated heterocycles. The fraction of sp³-hybridized carbons (Fsp3) is 0.620. The first kappa shape index (κ1) is 64.7. The molecular weight excluding hydrogens is 1040 g/mol. The third-order valence-electron chi connectivity index (χ3n) is 17.2. The number of aliphatic hydroxyl groups is 2. The molecule has 0 unspecified atom stereocenters. The van der Waals surface area contributed by atoms with Crippen molar-refractivity contribution in [1.82, 2.24) is 0 Å². The maximum absolute atomic E-state index is 12.0. The molecule has 0 aliphatic carbocycles. The number of hydrogen-bond acceptors (Lipinski definition) is 12. The summed E-state index contributed by atoms with van der Waals surface area (Å²) in [5.74, 6) is -0.142. The number of hydrogen-bond donors (Lipinski definition) is 2. The van der Waals surface area contributed by atoms with E-state index in [9.17, 15) is 15.0 Å². The van der Waals surface area contributed by atoms with Crippen molar-refractivity contribution in [3.8, 4) is 0 Å². The summed E-state index contributed by atoms with van der Waals surface area (Å²) in [5, 5.41) is 22.0. The average molecular weight is 1150 g/mol. The Kier molecular flexibility index (Phi) is 28.5. The zero-order valence-corrected chi connectivity index (χ0v) is 50.1. The second kappa shape index (κ2) is 36.6. The van der Waals surface area contributed by atoms with Gasteiger partial charge in [-0.3, -0.25) is 0 Å². The van der Waals surface area contributed by atoms with Crippen molar-refractivity contribution >= 4 is 5.97 Å². The van der Waals surface area contributed by atoms with Crippen molar-refractivity contribution < 1.29 is 57.6 Å². The maximum atomic E-state index is 12.0. The van der Waals surface area contributed by atoms with Crippen LogP contribution >= 0.6 is 0 Å². The predicted molar refractivity (Wildman–Crippen MR) is 324 cm³/mol. The second-order valence-corrected chi connectivity index (χ2v) is 24.0. The molecule has 2 N–H and O–H groups in total. The van der Waals surface area contributed by atoms with Crippen LogP contribution in [0.5, 0.6) is 0 Å². The third-order valence-corrected chi connectivity index (χ3v) is 17.2. The molecule has 0 amide bonds. The molecule has 4 heterocycles. The highest BCUT2D eigenvalue weighted by atomic mass is 16.7. The molecule has 13 atom stereocenters. The molecule has 12 heteroatoms. The molecular formula is C71H100O12. The lowest BCUT2D eigenvalue weighted by atomic mass is 9.97. The minimum atomic E-state index is -0.863. The van der Waals surface area contributed by atoms with E-state index < -0.39 is 36.8 Å². The van der Waals surface area contributed by atoms with Crippen LogP contribution in [0.25, 0.3) is 0 Å². The summed E-state index contributed by atoms with van der Waals surface area (Å²) >= 11 is 0. The summed E-state index contributed by atoms with van der Waals surface area (Å²) < 4.78 is 61.5. The molecule has 4 aromatic carbocycles. The largest absolute Gasteiger partial charge is 0.455 e. The number of carbonyl (C=O) groups is 1. The summed E-state index contributed by atoms with van der Waals surface area (Å²) in [6.07, 6.45) is 20.4. The Morgan fingerprint density at radius 3 is 1.55 bits per heavy atom. The summed E-state index contributed by atoms with van der Waals surface area (Å²) in [6, 6.07) is 40.9. The highest BCUT2D eigenvalue weighted by molar-refractivity contribution is 5.90. The molecule has 4 aromatic rings. The number of ether oxygens (including phenoxy) is 9. The SMILES string of the molecule is CCCCCC[C@H](O)CCC[C@H](O)[C@H]1CC[C@H]([C@H]2CC[C@H]([C@@H](CCCCCCCCCCCCC3=C[C@H](C)OC3=O)O[C@H]3O[C@H](COCc4ccccc4)[C@@H](OCc4ccccc4)[C@H](OCc4ccccc4)[C@H]3OCc3ccccc3)O2)O1. The van der Waals surface area contributed by atoms with Gasteiger partial charge >= 0.3 is 5.97 Å². The zero-order valence-electron chi connectivity index (χ0n) is 50.1. The first-order chi connectivity index (χ1) is 40.8. The topological polar surface area (TPSA) is 141 Å². The first-order valence-corrected chi connectivity index (χ1v) is 32.3. The van der Waals surface area contributed by atoms with Crippen LogP contribution in [0.1, 0.15) is 190 Å². The standard InChI is InChI=1S/C71H100O12/c1-3-4-5-27-39-59(72)40-29-41-60(73)61-43-44-64(80-61)65-46-45-63(81-65)62(42-28-13-11-9-7-6-8-10-12-26-38-58-47-53(2)79-70(58)74)82-71-69(78-51-57-36-24-17-25-37-57)68(77-50-56-34-22-16-23-35-56)67(76-49-55-32-20-15-21-33-55)66(83-71)52-75-48-54-30-18-14-19-31-54/h14-25,30-37,47,53,59-69,71-73H,3-13,26-29,38-46,48-52H2,1-2H3/t53-,59-,60-,61+,62+,63+,64+,65+,66+,67+,68-,69+,71-/m0/s1. The summed E-state index contributed by atoms with van der Waals surface area (Å²) in [4.78, 5) is 12.0. The Morgan fingerprint density at radius 1 is 0.506 bits per heavy atom. The lowest BCUT2D eigenvalue weighted by Gasteiger charge is -2.47. The van der Waals surface area contributed by atoms with Crippen molar-refractivity contribution in [2.24, 2.45) is 0 Å². The average Bonchev–Trinajstić information content (AvgIpc) is 4.43. The molecule has 0 saturated carbocycles. The van der Waals surface area contributed by atoms with Gasteiger partial charge in [0.2, 0.25) is 0 Å². The first-order valence-electron chi connectivity index (χ1n) is 32.3. The van der Waals surface area contributed by atoms with E-state index in [0.29, 0.717) is 39.3 Å². The van der Waals surface area contributed by atoms with Gasteiger partial charge in [0, 0.05) is 5.57 Å². The van der Waals surface area contributed by atoms with Crippen molar-refractivity contribution in [2.75, 3.05) is 6.61 Å². The van der Waals surface area contributed by atoms with E-state index in [2.05, 4.69) is 55.5 Å². The van der Waals surface area contributed by atoms with Gasteiger partial charge in [0.15, 0.2) is 6.29 Å². The van der Waals surface area contributed by atoms with Crippen molar-refractivity contribution in [2.45, 2.75) is 274 Å². The van der Waals surface area contributed by atoms with Gasteiger partial charge in [0.1, 0.15) is 30.5 Å². The number of esters is 1. The van der Waals surface area contributed by atoms with E-state index in [1.807, 2.05) is 85.8 Å². The molecule has 0 spiro atoms. The molecule has 83 heavy (non-hydrogen) atoms. The van der Waals surface area contributed by atoms with Gasteiger partial charge in [-0.25, -0.2) is 4.79 Å². The summed E-state index contributed by atoms with van der Waals surface area (Å²) in [7, 11) is 0. The van der Waals surface area contributed by atoms with Crippen LogP contribution in [0.3, 0.4) is 0 Å². The number of carbonyl (C=O) groups excluding carboxylic acids is 1. The third kappa shape index (κ3) is 22.2. The van der Waals surface area contributed by atoms with Crippen molar-refractivity contribution in [3.05, 3.63) is 155 Å². The van der Waals surface area contributed by atoms with Gasteiger partial charge in [-0.15, -0.1) is 0 Å². The van der Waals surface area contributed by atoms with Crippen LogP contribution in [-0.4, -0.2) is 102 Å². The smallest absolute Gasteiger partial charge is 0.334 e. The number of unbranched alkanes of at least 4 members (excludes halogenated alkanes) is 12. The fourth-order valence-electron chi connectivity index (χ4n) is 12.4. The highest BCUT2D eigenvalue weighted by Gasteiger charge is 2.51. The van der Waals surface area contributed by atoms with Gasteiger partial charge in [0.25, 0.3) is 0 Å². The van der Waals surface area contributed by atoms with E-state index in [0.717, 1.165) is 124 Å². The van der Waals surface area contributed by atoms with Crippen LogP contribution in [0.4, 0.5) is 0 Å².